The zero-order valence-corrected chi connectivity index (χ0v) is 12.4. The minimum Gasteiger partial charge on any atom is -0.452 e. The molecule has 0 aliphatic rings. The van der Waals surface area contributed by atoms with Gasteiger partial charge in [0, 0.05) is 23.2 Å². The van der Waals surface area contributed by atoms with Crippen molar-refractivity contribution >= 4 is 29.2 Å². The minimum atomic E-state index is -0.556. The second-order valence-corrected chi connectivity index (χ2v) is 4.82. The van der Waals surface area contributed by atoms with Crippen LogP contribution in [0.3, 0.4) is 0 Å². The Morgan fingerprint density at radius 1 is 1.10 bits per heavy atom. The Labute approximate surface area is 127 Å². The van der Waals surface area contributed by atoms with Crippen molar-refractivity contribution in [3.05, 3.63) is 64.7 Å². The first-order chi connectivity index (χ1) is 10.0. The van der Waals surface area contributed by atoms with E-state index in [-0.39, 0.29) is 5.78 Å². The second-order valence-electron chi connectivity index (χ2n) is 4.39. The average molecular weight is 304 g/mol. The molecule has 0 N–H and O–H groups in total. The van der Waals surface area contributed by atoms with E-state index in [0.29, 0.717) is 21.8 Å². The first kappa shape index (κ1) is 15.1. The molecule has 2 aromatic carbocycles. The molecule has 0 aliphatic carbocycles. The van der Waals surface area contributed by atoms with Crippen LogP contribution in [0.15, 0.2) is 48.5 Å². The summed E-state index contributed by atoms with van der Waals surface area (Å²) in [5.41, 5.74) is 1.32. The summed E-state index contributed by atoms with van der Waals surface area (Å²) in [5, 5.41) is 0.427. The maximum atomic E-state index is 12.6. The van der Waals surface area contributed by atoms with Crippen LogP contribution in [0, 0.1) is 0 Å². The number of hydrogen-bond acceptors (Lipinski definition) is 3. The zero-order chi connectivity index (χ0) is 15.4. The third kappa shape index (κ3) is 3.23. The number of anilines is 1. The lowest BCUT2D eigenvalue weighted by Gasteiger charge is -2.19. The Morgan fingerprint density at radius 2 is 1.76 bits per heavy atom. The van der Waals surface area contributed by atoms with Gasteiger partial charge in [0.05, 0.1) is 12.8 Å². The summed E-state index contributed by atoms with van der Waals surface area (Å²) in [4.78, 5) is 25.5. The van der Waals surface area contributed by atoms with E-state index in [1.54, 1.807) is 42.5 Å². The molecule has 0 atom stereocenters. The van der Waals surface area contributed by atoms with Crippen LogP contribution >= 0.6 is 11.6 Å². The van der Waals surface area contributed by atoms with Crippen LogP contribution in [0.5, 0.6) is 0 Å². The van der Waals surface area contributed by atoms with Gasteiger partial charge >= 0.3 is 6.09 Å². The SMILES string of the molecule is COC(=O)N(C)c1ccc(Cl)cc1C(=O)c1ccccc1. The molecule has 5 heteroatoms. The van der Waals surface area contributed by atoms with Crippen molar-refractivity contribution in [2.24, 2.45) is 0 Å². The van der Waals surface area contributed by atoms with Gasteiger partial charge in [-0.05, 0) is 18.2 Å². The summed E-state index contributed by atoms with van der Waals surface area (Å²) < 4.78 is 4.68. The number of ketones is 1. The average Bonchev–Trinajstić information content (AvgIpc) is 2.53. The second kappa shape index (κ2) is 6.41. The van der Waals surface area contributed by atoms with Crippen molar-refractivity contribution in [3.63, 3.8) is 0 Å². The normalized spacial score (nSPS) is 10.0. The van der Waals surface area contributed by atoms with Gasteiger partial charge in [0.2, 0.25) is 0 Å². The molecule has 0 aliphatic heterocycles. The van der Waals surface area contributed by atoms with Crippen LogP contribution in [0.25, 0.3) is 0 Å². The van der Waals surface area contributed by atoms with Gasteiger partial charge in [-0.2, -0.15) is 0 Å². The van der Waals surface area contributed by atoms with Crippen LogP contribution in [0.4, 0.5) is 10.5 Å². The number of halogens is 1. The Hall–Kier alpha value is -2.33. The highest BCUT2D eigenvalue weighted by Crippen LogP contribution is 2.26. The van der Waals surface area contributed by atoms with E-state index in [1.165, 1.54) is 19.1 Å². The number of nitrogens with zero attached hydrogens (tertiary/aromatic N) is 1. The zero-order valence-electron chi connectivity index (χ0n) is 11.7. The number of benzene rings is 2. The van der Waals surface area contributed by atoms with Crippen molar-refractivity contribution in [1.82, 2.24) is 0 Å². The molecule has 0 heterocycles. The lowest BCUT2D eigenvalue weighted by atomic mass is 10.0. The number of ether oxygens (including phenoxy) is 1. The van der Waals surface area contributed by atoms with Crippen molar-refractivity contribution < 1.29 is 14.3 Å². The number of rotatable bonds is 3. The summed E-state index contributed by atoms with van der Waals surface area (Å²) >= 11 is 5.98. The summed E-state index contributed by atoms with van der Waals surface area (Å²) in [6.07, 6.45) is -0.556. The topological polar surface area (TPSA) is 46.6 Å². The van der Waals surface area contributed by atoms with Gasteiger partial charge < -0.3 is 4.74 Å². The van der Waals surface area contributed by atoms with Gasteiger partial charge in [-0.3, -0.25) is 9.69 Å². The third-order valence-corrected chi connectivity index (χ3v) is 3.28. The molecule has 0 aromatic heterocycles. The standard InChI is InChI=1S/C16H14ClNO3/c1-18(16(20)21-2)14-9-8-12(17)10-13(14)15(19)11-6-4-3-5-7-11/h3-10H,1-2H3. The lowest BCUT2D eigenvalue weighted by Crippen LogP contribution is -2.27. The Morgan fingerprint density at radius 3 is 2.38 bits per heavy atom. The predicted octanol–water partition coefficient (Wildman–Crippen LogP) is 3.77. The number of amides is 1. The maximum Gasteiger partial charge on any atom is 0.413 e. The van der Waals surface area contributed by atoms with Crippen LogP contribution in [-0.4, -0.2) is 26.0 Å². The Kier molecular flexibility index (Phi) is 4.60. The van der Waals surface area contributed by atoms with E-state index in [0.717, 1.165) is 0 Å². The first-order valence-corrected chi connectivity index (χ1v) is 6.63. The fourth-order valence-corrected chi connectivity index (χ4v) is 2.14. The molecular formula is C16H14ClNO3. The van der Waals surface area contributed by atoms with E-state index in [4.69, 9.17) is 11.6 Å². The Bertz CT molecular complexity index is 670. The molecule has 0 saturated heterocycles. The van der Waals surface area contributed by atoms with Crippen molar-refractivity contribution in [2.45, 2.75) is 0 Å². The molecule has 2 rings (SSSR count). The van der Waals surface area contributed by atoms with Gasteiger partial charge in [-0.1, -0.05) is 41.9 Å². The minimum absolute atomic E-state index is 0.205. The van der Waals surface area contributed by atoms with E-state index >= 15 is 0 Å². The number of carbonyl (C=O) groups excluding carboxylic acids is 2. The monoisotopic (exact) mass is 303 g/mol. The molecule has 0 spiro atoms. The van der Waals surface area contributed by atoms with Gasteiger partial charge in [0.1, 0.15) is 0 Å². The molecule has 0 fully saturated rings. The molecule has 108 valence electrons. The summed E-state index contributed by atoms with van der Waals surface area (Å²) in [6.45, 7) is 0. The molecule has 1 amide bonds. The van der Waals surface area contributed by atoms with E-state index < -0.39 is 6.09 Å². The van der Waals surface area contributed by atoms with E-state index in [2.05, 4.69) is 4.74 Å². The molecular weight excluding hydrogens is 290 g/mol. The number of hydrogen-bond donors (Lipinski definition) is 0. The smallest absolute Gasteiger partial charge is 0.413 e. The molecule has 0 bridgehead atoms. The van der Waals surface area contributed by atoms with Crippen LogP contribution in [0.2, 0.25) is 5.02 Å². The van der Waals surface area contributed by atoms with Crippen molar-refractivity contribution in [3.8, 4) is 0 Å². The largest absolute Gasteiger partial charge is 0.452 e. The molecule has 0 saturated carbocycles. The maximum absolute atomic E-state index is 12.6. The van der Waals surface area contributed by atoms with Gasteiger partial charge in [0.25, 0.3) is 0 Å². The first-order valence-electron chi connectivity index (χ1n) is 6.25. The molecule has 21 heavy (non-hydrogen) atoms. The van der Waals surface area contributed by atoms with Gasteiger partial charge in [0.15, 0.2) is 5.78 Å². The van der Waals surface area contributed by atoms with E-state index in [1.807, 2.05) is 6.07 Å². The highest BCUT2D eigenvalue weighted by molar-refractivity contribution is 6.31. The predicted molar refractivity (Wildman–Crippen MR) is 82.1 cm³/mol. The van der Waals surface area contributed by atoms with Gasteiger partial charge in [-0.15, -0.1) is 0 Å². The third-order valence-electron chi connectivity index (χ3n) is 3.05. The molecule has 4 nitrogen and oxygen atoms in total. The number of methoxy groups -OCH3 is 1. The molecule has 2 aromatic rings. The fourth-order valence-electron chi connectivity index (χ4n) is 1.96. The highest BCUT2D eigenvalue weighted by atomic mass is 35.5. The Balaban J connectivity index is 2.50. The van der Waals surface area contributed by atoms with Crippen molar-refractivity contribution in [2.75, 3.05) is 19.1 Å². The molecule has 0 unspecified atom stereocenters. The van der Waals surface area contributed by atoms with Crippen molar-refractivity contribution in [1.29, 1.82) is 0 Å². The van der Waals surface area contributed by atoms with Crippen LogP contribution < -0.4 is 4.90 Å². The van der Waals surface area contributed by atoms with Crippen LogP contribution in [-0.2, 0) is 4.74 Å². The number of carbonyl (C=O) groups is 2. The van der Waals surface area contributed by atoms with E-state index in [9.17, 15) is 9.59 Å². The lowest BCUT2D eigenvalue weighted by molar-refractivity contribution is 0.103. The summed E-state index contributed by atoms with van der Waals surface area (Å²) in [6, 6.07) is 13.6. The summed E-state index contributed by atoms with van der Waals surface area (Å²) in [5.74, 6) is -0.205. The van der Waals surface area contributed by atoms with Crippen LogP contribution in [0.1, 0.15) is 15.9 Å². The summed E-state index contributed by atoms with van der Waals surface area (Å²) in [7, 11) is 2.82. The van der Waals surface area contributed by atoms with Gasteiger partial charge in [-0.25, -0.2) is 4.79 Å². The highest BCUT2D eigenvalue weighted by Gasteiger charge is 2.20. The molecule has 0 radical (unpaired) electrons. The quantitative estimate of drug-likeness (QED) is 0.811. The fraction of sp³-hybridized carbons (Fsp3) is 0.125.